The van der Waals surface area contributed by atoms with Gasteiger partial charge in [0.2, 0.25) is 0 Å². The second-order valence-corrected chi connectivity index (χ2v) is 8.08. The lowest BCUT2D eigenvalue weighted by molar-refractivity contribution is 0.196. The minimum Gasteiger partial charge on any atom is -0.314 e. The van der Waals surface area contributed by atoms with Gasteiger partial charge in [0.25, 0.3) is 0 Å². The van der Waals surface area contributed by atoms with Crippen LogP contribution in [0.15, 0.2) is 0 Å². The molecule has 0 radical (unpaired) electrons. The van der Waals surface area contributed by atoms with Crippen LogP contribution in [0, 0.1) is 17.8 Å². The van der Waals surface area contributed by atoms with Crippen LogP contribution in [0.3, 0.4) is 0 Å². The average molecular weight is 295 g/mol. The fraction of sp³-hybridized carbons (Fsp3) is 1.00. The third-order valence-corrected chi connectivity index (χ3v) is 5.73. The van der Waals surface area contributed by atoms with Crippen LogP contribution in [0.25, 0.3) is 0 Å². The minimum atomic E-state index is 0.789. The van der Waals surface area contributed by atoms with E-state index in [2.05, 4.69) is 31.0 Å². The molecule has 0 bridgehead atoms. The van der Waals surface area contributed by atoms with Crippen LogP contribution in [0.1, 0.15) is 72.1 Å². The summed E-state index contributed by atoms with van der Waals surface area (Å²) < 4.78 is 0. The van der Waals surface area contributed by atoms with Crippen molar-refractivity contribution in [2.75, 3.05) is 26.2 Å². The lowest BCUT2D eigenvalue weighted by Gasteiger charge is -2.30. The van der Waals surface area contributed by atoms with E-state index in [1.165, 1.54) is 77.5 Å². The predicted octanol–water partition coefficient (Wildman–Crippen LogP) is 4.30. The average Bonchev–Trinajstić information content (AvgIpc) is 2.72. The summed E-state index contributed by atoms with van der Waals surface area (Å²) in [6, 6.07) is 0.789. The standard InChI is InChI=1S/C19H38N2/c1-16(2)18-8-7-9-19(11-10-18)20-14-17(3)15-21-12-5-4-6-13-21/h16-20H,4-15H2,1-3H3. The van der Waals surface area contributed by atoms with Crippen LogP contribution in [-0.4, -0.2) is 37.1 Å². The Balaban J connectivity index is 1.62. The van der Waals surface area contributed by atoms with E-state index >= 15 is 0 Å². The molecule has 2 heteroatoms. The Hall–Kier alpha value is -0.0800. The van der Waals surface area contributed by atoms with Crippen molar-refractivity contribution in [1.82, 2.24) is 10.2 Å². The van der Waals surface area contributed by atoms with Crippen molar-refractivity contribution in [3.8, 4) is 0 Å². The van der Waals surface area contributed by atoms with E-state index in [0.717, 1.165) is 23.8 Å². The first-order chi connectivity index (χ1) is 10.1. The van der Waals surface area contributed by atoms with Crippen molar-refractivity contribution in [1.29, 1.82) is 0 Å². The SMILES string of the molecule is CC(CNC1CCCC(C(C)C)CC1)CN1CCCCC1. The highest BCUT2D eigenvalue weighted by Crippen LogP contribution is 2.28. The molecule has 2 rings (SSSR count). The van der Waals surface area contributed by atoms with E-state index < -0.39 is 0 Å². The van der Waals surface area contributed by atoms with Gasteiger partial charge in [-0.25, -0.2) is 0 Å². The summed E-state index contributed by atoms with van der Waals surface area (Å²) in [5.74, 6) is 2.65. The van der Waals surface area contributed by atoms with Crippen molar-refractivity contribution in [2.24, 2.45) is 17.8 Å². The Labute approximate surface area is 133 Å². The van der Waals surface area contributed by atoms with Crippen LogP contribution >= 0.6 is 0 Å². The van der Waals surface area contributed by atoms with Crippen LogP contribution in [0.4, 0.5) is 0 Å². The van der Waals surface area contributed by atoms with Crippen molar-refractivity contribution < 1.29 is 0 Å². The zero-order valence-corrected chi connectivity index (χ0v) is 14.7. The quantitative estimate of drug-likeness (QED) is 0.735. The molecule has 0 aromatic rings. The van der Waals surface area contributed by atoms with Crippen molar-refractivity contribution in [3.05, 3.63) is 0 Å². The maximum Gasteiger partial charge on any atom is 0.00672 e. The number of nitrogens with one attached hydrogen (secondary N) is 1. The Bertz CT molecular complexity index is 271. The zero-order chi connectivity index (χ0) is 15.1. The van der Waals surface area contributed by atoms with Gasteiger partial charge < -0.3 is 10.2 Å². The molecule has 21 heavy (non-hydrogen) atoms. The monoisotopic (exact) mass is 294 g/mol. The molecule has 2 nitrogen and oxygen atoms in total. The topological polar surface area (TPSA) is 15.3 Å². The van der Waals surface area contributed by atoms with Gasteiger partial charge in [0.15, 0.2) is 0 Å². The molecule has 1 saturated heterocycles. The van der Waals surface area contributed by atoms with E-state index in [1.807, 2.05) is 0 Å². The highest BCUT2D eigenvalue weighted by atomic mass is 15.1. The fourth-order valence-corrected chi connectivity index (χ4v) is 4.22. The van der Waals surface area contributed by atoms with Gasteiger partial charge in [-0.15, -0.1) is 0 Å². The summed E-state index contributed by atoms with van der Waals surface area (Å²) in [6.45, 7) is 12.4. The van der Waals surface area contributed by atoms with Crippen LogP contribution in [0.2, 0.25) is 0 Å². The molecule has 1 N–H and O–H groups in total. The van der Waals surface area contributed by atoms with Gasteiger partial charge >= 0.3 is 0 Å². The van der Waals surface area contributed by atoms with Crippen LogP contribution in [0.5, 0.6) is 0 Å². The number of hydrogen-bond acceptors (Lipinski definition) is 2. The molecule has 1 heterocycles. The molecule has 3 atom stereocenters. The number of likely N-dealkylation sites (tertiary alicyclic amines) is 1. The molecule has 124 valence electrons. The maximum atomic E-state index is 3.88. The largest absolute Gasteiger partial charge is 0.314 e. The molecule has 1 aliphatic carbocycles. The van der Waals surface area contributed by atoms with Gasteiger partial charge in [-0.3, -0.25) is 0 Å². The third-order valence-electron chi connectivity index (χ3n) is 5.73. The van der Waals surface area contributed by atoms with E-state index in [4.69, 9.17) is 0 Å². The van der Waals surface area contributed by atoms with Gasteiger partial charge in [-0.1, -0.05) is 40.0 Å². The minimum absolute atomic E-state index is 0.789. The molecule has 2 aliphatic rings. The Morgan fingerprint density at radius 3 is 2.38 bits per heavy atom. The highest BCUT2D eigenvalue weighted by molar-refractivity contribution is 4.78. The molecular weight excluding hydrogens is 256 g/mol. The van der Waals surface area contributed by atoms with E-state index in [1.54, 1.807) is 0 Å². The van der Waals surface area contributed by atoms with Gasteiger partial charge in [0.05, 0.1) is 0 Å². The normalized spacial score (nSPS) is 30.3. The summed E-state index contributed by atoms with van der Waals surface area (Å²) >= 11 is 0. The summed E-state index contributed by atoms with van der Waals surface area (Å²) in [7, 11) is 0. The second-order valence-electron chi connectivity index (χ2n) is 8.08. The highest BCUT2D eigenvalue weighted by Gasteiger charge is 2.21. The number of rotatable bonds is 6. The summed E-state index contributed by atoms with van der Waals surface area (Å²) in [5.41, 5.74) is 0. The molecule has 1 aliphatic heterocycles. The number of hydrogen-bond donors (Lipinski definition) is 1. The Kier molecular flexibility index (Phi) is 7.53. The first kappa shape index (κ1) is 17.3. The fourth-order valence-electron chi connectivity index (χ4n) is 4.22. The van der Waals surface area contributed by atoms with E-state index in [-0.39, 0.29) is 0 Å². The van der Waals surface area contributed by atoms with Crippen LogP contribution < -0.4 is 5.32 Å². The summed E-state index contributed by atoms with van der Waals surface area (Å²) in [6.07, 6.45) is 11.4. The Morgan fingerprint density at radius 1 is 0.905 bits per heavy atom. The van der Waals surface area contributed by atoms with E-state index in [0.29, 0.717) is 0 Å². The van der Waals surface area contributed by atoms with Gasteiger partial charge in [0, 0.05) is 12.6 Å². The van der Waals surface area contributed by atoms with Crippen molar-refractivity contribution >= 4 is 0 Å². The lowest BCUT2D eigenvalue weighted by Crippen LogP contribution is -2.39. The van der Waals surface area contributed by atoms with Crippen LogP contribution in [-0.2, 0) is 0 Å². The van der Waals surface area contributed by atoms with Gasteiger partial charge in [0.1, 0.15) is 0 Å². The van der Waals surface area contributed by atoms with Crippen molar-refractivity contribution in [3.63, 3.8) is 0 Å². The maximum absolute atomic E-state index is 3.88. The molecule has 0 amide bonds. The van der Waals surface area contributed by atoms with E-state index in [9.17, 15) is 0 Å². The summed E-state index contributed by atoms with van der Waals surface area (Å²) in [4.78, 5) is 2.68. The van der Waals surface area contributed by atoms with Crippen molar-refractivity contribution in [2.45, 2.75) is 78.2 Å². The Morgan fingerprint density at radius 2 is 1.67 bits per heavy atom. The smallest absolute Gasteiger partial charge is 0.00672 e. The van der Waals surface area contributed by atoms with Gasteiger partial charge in [-0.05, 0) is 69.5 Å². The first-order valence-electron chi connectivity index (χ1n) is 9.61. The molecule has 0 spiro atoms. The van der Waals surface area contributed by atoms with Gasteiger partial charge in [-0.2, -0.15) is 0 Å². The lowest BCUT2D eigenvalue weighted by atomic mass is 9.89. The predicted molar refractivity (Wildman–Crippen MR) is 92.7 cm³/mol. The summed E-state index contributed by atoms with van der Waals surface area (Å²) in [5, 5.41) is 3.88. The molecule has 3 unspecified atom stereocenters. The molecule has 0 aromatic carbocycles. The molecule has 2 fully saturated rings. The third kappa shape index (κ3) is 6.28. The second kappa shape index (κ2) is 9.15. The number of piperidine rings is 1. The molecule has 1 saturated carbocycles. The first-order valence-corrected chi connectivity index (χ1v) is 9.61. The molecular formula is C19H38N2. The zero-order valence-electron chi connectivity index (χ0n) is 14.7. The molecule has 0 aromatic heterocycles. The number of nitrogens with zero attached hydrogens (tertiary/aromatic N) is 1.